The number of hydrogen-bond acceptors (Lipinski definition) is 5. The molecular formula is C20H17NO4. The van der Waals surface area contributed by atoms with E-state index in [2.05, 4.69) is 6.07 Å². The fraction of sp³-hybridized carbons (Fsp3) is 0.200. The Morgan fingerprint density at radius 1 is 1.16 bits per heavy atom. The van der Waals surface area contributed by atoms with Crippen LogP contribution in [0.5, 0.6) is 17.2 Å². The van der Waals surface area contributed by atoms with Gasteiger partial charge in [0.1, 0.15) is 23.3 Å². The van der Waals surface area contributed by atoms with Crippen LogP contribution in [0.3, 0.4) is 0 Å². The van der Waals surface area contributed by atoms with Crippen LogP contribution in [0.2, 0.25) is 0 Å². The smallest absolute Gasteiger partial charge is 0.193 e. The van der Waals surface area contributed by atoms with Crippen LogP contribution in [0, 0.1) is 11.3 Å². The van der Waals surface area contributed by atoms with Gasteiger partial charge in [-0.1, -0.05) is 6.07 Å². The van der Waals surface area contributed by atoms with Crippen LogP contribution in [0.4, 0.5) is 0 Å². The van der Waals surface area contributed by atoms with Gasteiger partial charge in [0.05, 0.1) is 32.0 Å². The van der Waals surface area contributed by atoms with Gasteiger partial charge in [-0.3, -0.25) is 4.79 Å². The van der Waals surface area contributed by atoms with Crippen molar-refractivity contribution in [2.24, 2.45) is 0 Å². The minimum absolute atomic E-state index is 0.0966. The molecule has 2 aromatic rings. The number of ether oxygens (including phenoxy) is 3. The summed E-state index contributed by atoms with van der Waals surface area (Å²) in [6.07, 6.45) is 2.28. The fourth-order valence-electron chi connectivity index (χ4n) is 2.74. The van der Waals surface area contributed by atoms with Crippen molar-refractivity contribution >= 4 is 11.9 Å². The number of Topliss-reactive ketones (excluding diaryl/α,β-unsaturated/α-hetero) is 1. The van der Waals surface area contributed by atoms with Crippen molar-refractivity contribution in [1.82, 2.24) is 0 Å². The van der Waals surface area contributed by atoms with E-state index in [4.69, 9.17) is 14.2 Å². The number of carbonyl (C=O) groups excluding carboxylic acids is 1. The molecule has 0 bridgehead atoms. The third kappa shape index (κ3) is 3.33. The van der Waals surface area contributed by atoms with Gasteiger partial charge in [-0.2, -0.15) is 5.26 Å². The molecule has 0 spiro atoms. The van der Waals surface area contributed by atoms with Gasteiger partial charge in [-0.25, -0.2) is 0 Å². The average Bonchev–Trinajstić information content (AvgIpc) is 2.80. The van der Waals surface area contributed by atoms with E-state index < -0.39 is 0 Å². The largest absolute Gasteiger partial charge is 0.497 e. The zero-order valence-corrected chi connectivity index (χ0v) is 14.0. The molecule has 1 aliphatic rings. The molecule has 0 amide bonds. The number of nitriles is 1. The summed E-state index contributed by atoms with van der Waals surface area (Å²) in [6.45, 7) is 0.415. The molecule has 0 fully saturated rings. The lowest BCUT2D eigenvalue weighted by Crippen LogP contribution is -2.02. The third-order valence-electron chi connectivity index (χ3n) is 4.04. The van der Waals surface area contributed by atoms with E-state index in [-0.39, 0.29) is 5.78 Å². The molecular weight excluding hydrogens is 318 g/mol. The molecule has 0 radical (unpaired) electrons. The second-order valence-corrected chi connectivity index (χ2v) is 5.53. The monoisotopic (exact) mass is 335 g/mol. The Bertz CT molecular complexity index is 893. The van der Waals surface area contributed by atoms with E-state index in [1.165, 1.54) is 7.11 Å². The van der Waals surface area contributed by atoms with Gasteiger partial charge in [-0.05, 0) is 42.0 Å². The number of ketones is 1. The molecule has 126 valence electrons. The van der Waals surface area contributed by atoms with Crippen molar-refractivity contribution in [2.45, 2.75) is 6.42 Å². The average molecular weight is 335 g/mol. The Morgan fingerprint density at radius 2 is 2.00 bits per heavy atom. The molecule has 0 atom stereocenters. The van der Waals surface area contributed by atoms with Crippen molar-refractivity contribution < 1.29 is 19.0 Å². The number of carbonyl (C=O) groups is 1. The summed E-state index contributed by atoms with van der Waals surface area (Å²) in [5, 5.41) is 9.21. The zero-order valence-electron chi connectivity index (χ0n) is 14.0. The van der Waals surface area contributed by atoms with E-state index in [0.717, 1.165) is 5.56 Å². The van der Waals surface area contributed by atoms with Gasteiger partial charge in [-0.15, -0.1) is 0 Å². The highest BCUT2D eigenvalue weighted by Crippen LogP contribution is 2.31. The number of methoxy groups -OCH3 is 2. The standard InChI is InChI=1S/C20H17NO4/c1-23-16-4-6-19-17(11-16)20(22)14(7-8-25-19)9-13-3-5-18(24-2)15(10-13)12-21/h3-6,9-11H,7-8H2,1-2H3. The van der Waals surface area contributed by atoms with Crippen molar-refractivity contribution in [3.05, 3.63) is 58.7 Å². The summed E-state index contributed by atoms with van der Waals surface area (Å²) in [4.78, 5) is 12.9. The number of rotatable bonds is 3. The van der Waals surface area contributed by atoms with Gasteiger partial charge in [0.15, 0.2) is 5.78 Å². The molecule has 1 aliphatic heterocycles. The maximum absolute atomic E-state index is 12.9. The van der Waals surface area contributed by atoms with E-state index >= 15 is 0 Å². The van der Waals surface area contributed by atoms with E-state index in [1.54, 1.807) is 43.5 Å². The summed E-state index contributed by atoms with van der Waals surface area (Å²) in [6, 6.07) is 12.5. The molecule has 0 N–H and O–H groups in total. The first-order valence-corrected chi connectivity index (χ1v) is 7.80. The highest BCUT2D eigenvalue weighted by molar-refractivity contribution is 6.13. The van der Waals surface area contributed by atoms with Crippen molar-refractivity contribution in [3.63, 3.8) is 0 Å². The van der Waals surface area contributed by atoms with Gasteiger partial charge < -0.3 is 14.2 Å². The van der Waals surface area contributed by atoms with Crippen LogP contribution in [0.1, 0.15) is 27.9 Å². The summed E-state index contributed by atoms with van der Waals surface area (Å²) >= 11 is 0. The molecule has 0 unspecified atom stereocenters. The minimum Gasteiger partial charge on any atom is -0.497 e. The van der Waals surface area contributed by atoms with Crippen LogP contribution < -0.4 is 14.2 Å². The number of nitrogens with zero attached hydrogens (tertiary/aromatic N) is 1. The predicted octanol–water partition coefficient (Wildman–Crippen LogP) is 3.62. The second-order valence-electron chi connectivity index (χ2n) is 5.53. The molecule has 0 saturated carbocycles. The summed E-state index contributed by atoms with van der Waals surface area (Å²) in [7, 11) is 3.08. The van der Waals surface area contributed by atoms with Crippen LogP contribution >= 0.6 is 0 Å². The van der Waals surface area contributed by atoms with Gasteiger partial charge in [0, 0.05) is 12.0 Å². The van der Waals surface area contributed by atoms with Gasteiger partial charge in [0.2, 0.25) is 0 Å². The molecule has 0 aromatic heterocycles. The predicted molar refractivity (Wildman–Crippen MR) is 93.1 cm³/mol. The normalized spacial score (nSPS) is 14.9. The Hall–Kier alpha value is -3.26. The van der Waals surface area contributed by atoms with Crippen LogP contribution in [-0.2, 0) is 0 Å². The van der Waals surface area contributed by atoms with Crippen LogP contribution in [0.25, 0.3) is 6.08 Å². The first kappa shape index (κ1) is 16.6. The first-order chi connectivity index (χ1) is 12.2. The van der Waals surface area contributed by atoms with Gasteiger partial charge >= 0.3 is 0 Å². The lowest BCUT2D eigenvalue weighted by Gasteiger charge is -2.08. The van der Waals surface area contributed by atoms with Crippen LogP contribution in [0.15, 0.2) is 42.0 Å². The Morgan fingerprint density at radius 3 is 2.72 bits per heavy atom. The Balaban J connectivity index is 2.01. The minimum atomic E-state index is -0.0966. The molecule has 0 saturated heterocycles. The lowest BCUT2D eigenvalue weighted by molar-refractivity contribution is 0.103. The SMILES string of the molecule is COc1ccc2c(c1)C(=O)C(=Cc1ccc(OC)c(C#N)c1)CCO2. The molecule has 1 heterocycles. The van der Waals surface area contributed by atoms with E-state index in [9.17, 15) is 10.1 Å². The Labute approximate surface area is 146 Å². The second kappa shape index (κ2) is 7.10. The summed E-state index contributed by atoms with van der Waals surface area (Å²) in [5.41, 5.74) is 2.31. The maximum atomic E-state index is 12.9. The number of fused-ring (bicyclic) bond motifs is 1. The quantitative estimate of drug-likeness (QED) is 0.801. The summed E-state index contributed by atoms with van der Waals surface area (Å²) < 4.78 is 16.0. The zero-order chi connectivity index (χ0) is 17.8. The van der Waals surface area contributed by atoms with Crippen molar-refractivity contribution in [1.29, 1.82) is 5.26 Å². The highest BCUT2D eigenvalue weighted by Gasteiger charge is 2.22. The molecule has 0 aliphatic carbocycles. The van der Waals surface area contributed by atoms with Crippen LogP contribution in [-0.4, -0.2) is 26.6 Å². The topological polar surface area (TPSA) is 68.5 Å². The highest BCUT2D eigenvalue weighted by atomic mass is 16.5. The molecule has 5 heteroatoms. The third-order valence-corrected chi connectivity index (χ3v) is 4.04. The van der Waals surface area contributed by atoms with E-state index in [0.29, 0.717) is 47.0 Å². The number of benzene rings is 2. The molecule has 2 aromatic carbocycles. The van der Waals surface area contributed by atoms with E-state index in [1.807, 2.05) is 6.07 Å². The molecule has 3 rings (SSSR count). The van der Waals surface area contributed by atoms with Crippen molar-refractivity contribution in [2.75, 3.05) is 20.8 Å². The van der Waals surface area contributed by atoms with Gasteiger partial charge in [0.25, 0.3) is 0 Å². The lowest BCUT2D eigenvalue weighted by atomic mass is 9.98. The molecule has 5 nitrogen and oxygen atoms in total. The molecule has 25 heavy (non-hydrogen) atoms. The number of hydrogen-bond donors (Lipinski definition) is 0. The summed E-state index contributed by atoms with van der Waals surface area (Å²) in [5.74, 6) is 1.57. The first-order valence-electron chi connectivity index (χ1n) is 7.80. The fourth-order valence-corrected chi connectivity index (χ4v) is 2.74. The Kier molecular flexibility index (Phi) is 4.71. The van der Waals surface area contributed by atoms with Crippen molar-refractivity contribution in [3.8, 4) is 23.3 Å². The maximum Gasteiger partial charge on any atom is 0.193 e.